The quantitative estimate of drug-likeness (QED) is 0.160. The average Bonchev–Trinajstić information content (AvgIpc) is 3.74. The molecule has 0 spiro atoms. The number of hydrogen-bond acceptors (Lipinski definition) is 3. The minimum Gasteiger partial charge on any atom is -0.455 e. The third kappa shape index (κ3) is 4.91. The molecule has 0 bridgehead atoms. The minimum absolute atomic E-state index is 0.101. The fourth-order valence-corrected chi connectivity index (χ4v) is 9.17. The predicted molar refractivity (Wildman–Crippen MR) is 236 cm³/mol. The summed E-state index contributed by atoms with van der Waals surface area (Å²) in [6.07, 6.45) is 0. The number of rotatable bonds is 6. The van der Waals surface area contributed by atoms with Crippen molar-refractivity contribution in [2.45, 2.75) is 19.3 Å². The van der Waals surface area contributed by atoms with Crippen molar-refractivity contribution in [1.29, 1.82) is 0 Å². The van der Waals surface area contributed by atoms with Crippen LogP contribution in [0.2, 0.25) is 0 Å². The second kappa shape index (κ2) is 12.5. The molecule has 1 heterocycles. The highest BCUT2D eigenvalue weighted by atomic mass is 16.3. The number of benzene rings is 9. The van der Waals surface area contributed by atoms with Gasteiger partial charge in [-0.05, 0) is 117 Å². The molecule has 0 saturated heterocycles. The van der Waals surface area contributed by atoms with Crippen molar-refractivity contribution in [2.24, 2.45) is 0 Å². The summed E-state index contributed by atoms with van der Waals surface area (Å²) in [5.74, 6) is 0. The Hall–Kier alpha value is -7.10. The van der Waals surface area contributed by atoms with E-state index in [0.717, 1.165) is 66.8 Å². The average molecular weight is 719 g/mol. The van der Waals surface area contributed by atoms with Crippen LogP contribution in [0.1, 0.15) is 25.0 Å². The third-order valence-electron chi connectivity index (χ3n) is 11.8. The van der Waals surface area contributed by atoms with Crippen molar-refractivity contribution in [2.75, 3.05) is 9.80 Å². The maximum absolute atomic E-state index is 6.97. The van der Waals surface area contributed by atoms with Crippen molar-refractivity contribution < 1.29 is 4.42 Å². The van der Waals surface area contributed by atoms with Gasteiger partial charge in [0.25, 0.3) is 0 Å². The molecule has 0 aliphatic heterocycles. The fourth-order valence-electron chi connectivity index (χ4n) is 9.17. The van der Waals surface area contributed by atoms with Crippen molar-refractivity contribution in [1.82, 2.24) is 0 Å². The maximum Gasteiger partial charge on any atom is 0.143 e. The molecule has 0 unspecified atom stereocenters. The zero-order valence-corrected chi connectivity index (χ0v) is 31.3. The molecular formula is C53H38N2O. The molecule has 3 heteroatoms. The summed E-state index contributed by atoms with van der Waals surface area (Å²) in [7, 11) is 0. The lowest BCUT2D eigenvalue weighted by molar-refractivity contribution is 0.660. The number of nitrogens with zero attached hydrogens (tertiary/aromatic N) is 2. The van der Waals surface area contributed by atoms with Crippen LogP contribution in [0.4, 0.5) is 34.1 Å². The van der Waals surface area contributed by atoms with Crippen LogP contribution in [0.5, 0.6) is 0 Å². The fraction of sp³-hybridized carbons (Fsp3) is 0.0566. The number of para-hydroxylation sites is 3. The molecule has 1 aliphatic carbocycles. The van der Waals surface area contributed by atoms with Crippen molar-refractivity contribution in [3.63, 3.8) is 0 Å². The molecule has 266 valence electrons. The molecule has 56 heavy (non-hydrogen) atoms. The van der Waals surface area contributed by atoms with Gasteiger partial charge in [0.05, 0.1) is 0 Å². The van der Waals surface area contributed by atoms with Gasteiger partial charge >= 0.3 is 0 Å². The van der Waals surface area contributed by atoms with Gasteiger partial charge in [0.2, 0.25) is 0 Å². The second-order valence-corrected chi connectivity index (χ2v) is 15.3. The van der Waals surface area contributed by atoms with Gasteiger partial charge in [0.15, 0.2) is 0 Å². The Bertz CT molecular complexity index is 3070. The molecule has 9 aromatic carbocycles. The minimum atomic E-state index is -0.101. The van der Waals surface area contributed by atoms with Crippen molar-refractivity contribution >= 4 is 77.6 Å². The Kier molecular flexibility index (Phi) is 7.20. The highest BCUT2D eigenvalue weighted by Crippen LogP contribution is 2.51. The molecule has 0 amide bonds. The SMILES string of the molecule is CC1(C)c2ccccc2-c2ccc(N(c3ccccc3)c3ccc4c(c3)c3ccccc3c3c5ccc(N(c6ccccc6)c6ccccc6)cc5oc43)cc21. The third-order valence-corrected chi connectivity index (χ3v) is 11.8. The molecule has 1 aromatic heterocycles. The van der Waals surface area contributed by atoms with Gasteiger partial charge in [-0.15, -0.1) is 0 Å². The number of fused-ring (bicyclic) bond motifs is 11. The van der Waals surface area contributed by atoms with E-state index in [0.29, 0.717) is 0 Å². The molecule has 0 fully saturated rings. The smallest absolute Gasteiger partial charge is 0.143 e. The monoisotopic (exact) mass is 718 g/mol. The van der Waals surface area contributed by atoms with Gasteiger partial charge in [0, 0.05) is 61.8 Å². The first kappa shape index (κ1) is 32.3. The molecule has 0 saturated carbocycles. The van der Waals surface area contributed by atoms with E-state index in [4.69, 9.17) is 4.42 Å². The zero-order valence-electron chi connectivity index (χ0n) is 31.3. The van der Waals surface area contributed by atoms with E-state index in [1.807, 2.05) is 0 Å². The standard InChI is InChI=1S/C53H38N2O/c1-53(2)48-25-15-14-23-42(48)43-29-26-39(33-49(43)53)55(37-20-10-5-11-21-37)38-27-30-45-47(32-38)41-22-12-13-24-44(41)51-46-31-28-40(34-50(46)56-52(45)51)54(35-16-6-3-7-17-35)36-18-8-4-9-19-36/h3-34H,1-2H3. The maximum atomic E-state index is 6.97. The topological polar surface area (TPSA) is 19.6 Å². The summed E-state index contributed by atoms with van der Waals surface area (Å²) >= 11 is 0. The Morgan fingerprint density at radius 1 is 0.357 bits per heavy atom. The summed E-state index contributed by atoms with van der Waals surface area (Å²) in [6, 6.07) is 69.9. The van der Waals surface area contributed by atoms with Crippen LogP contribution in [0.15, 0.2) is 199 Å². The lowest BCUT2D eigenvalue weighted by atomic mass is 9.82. The first-order valence-corrected chi connectivity index (χ1v) is 19.4. The molecule has 3 nitrogen and oxygen atoms in total. The van der Waals surface area contributed by atoms with Crippen LogP contribution in [-0.4, -0.2) is 0 Å². The van der Waals surface area contributed by atoms with Crippen LogP contribution in [0.25, 0.3) is 54.6 Å². The number of hydrogen-bond donors (Lipinski definition) is 0. The molecule has 1 aliphatic rings. The Balaban J connectivity index is 1.10. The Morgan fingerprint density at radius 3 is 1.54 bits per heavy atom. The largest absolute Gasteiger partial charge is 0.455 e. The van der Waals surface area contributed by atoms with Gasteiger partial charge < -0.3 is 14.2 Å². The van der Waals surface area contributed by atoms with Crippen LogP contribution in [0, 0.1) is 0 Å². The predicted octanol–water partition coefficient (Wildman–Crippen LogP) is 15.1. The van der Waals surface area contributed by atoms with E-state index in [1.165, 1.54) is 33.0 Å². The lowest BCUT2D eigenvalue weighted by Crippen LogP contribution is -2.16. The summed E-state index contributed by atoms with van der Waals surface area (Å²) in [4.78, 5) is 4.68. The second-order valence-electron chi connectivity index (χ2n) is 15.3. The Labute approximate surface area is 326 Å². The molecule has 0 N–H and O–H groups in total. The van der Waals surface area contributed by atoms with E-state index in [-0.39, 0.29) is 5.41 Å². The molecule has 0 atom stereocenters. The number of furan rings is 1. The summed E-state index contributed by atoms with van der Waals surface area (Å²) < 4.78 is 6.97. The first-order valence-electron chi connectivity index (χ1n) is 19.4. The Morgan fingerprint density at radius 2 is 0.857 bits per heavy atom. The van der Waals surface area contributed by atoms with Gasteiger partial charge in [-0.2, -0.15) is 0 Å². The normalized spacial score (nSPS) is 13.0. The van der Waals surface area contributed by atoms with Crippen LogP contribution in [-0.2, 0) is 5.41 Å². The summed E-state index contributed by atoms with van der Waals surface area (Å²) in [5.41, 5.74) is 13.6. The van der Waals surface area contributed by atoms with Crippen LogP contribution in [0.3, 0.4) is 0 Å². The van der Waals surface area contributed by atoms with E-state index < -0.39 is 0 Å². The first-order chi connectivity index (χ1) is 27.5. The molecule has 0 radical (unpaired) electrons. The van der Waals surface area contributed by atoms with Crippen LogP contribution >= 0.6 is 0 Å². The molecule has 10 aromatic rings. The number of anilines is 6. The van der Waals surface area contributed by atoms with E-state index in [9.17, 15) is 0 Å². The summed E-state index contributed by atoms with van der Waals surface area (Å²) in [6.45, 7) is 4.69. The van der Waals surface area contributed by atoms with Gasteiger partial charge in [-0.3, -0.25) is 0 Å². The van der Waals surface area contributed by atoms with Gasteiger partial charge in [-0.25, -0.2) is 0 Å². The molecular weight excluding hydrogens is 681 g/mol. The van der Waals surface area contributed by atoms with E-state index >= 15 is 0 Å². The van der Waals surface area contributed by atoms with Crippen molar-refractivity contribution in [3.05, 3.63) is 205 Å². The van der Waals surface area contributed by atoms with Crippen molar-refractivity contribution in [3.8, 4) is 11.1 Å². The highest BCUT2D eigenvalue weighted by Gasteiger charge is 2.35. The van der Waals surface area contributed by atoms with E-state index in [1.54, 1.807) is 0 Å². The van der Waals surface area contributed by atoms with Gasteiger partial charge in [-0.1, -0.05) is 123 Å². The van der Waals surface area contributed by atoms with E-state index in [2.05, 4.69) is 218 Å². The van der Waals surface area contributed by atoms with Crippen LogP contribution < -0.4 is 9.80 Å². The highest BCUT2D eigenvalue weighted by molar-refractivity contribution is 6.30. The zero-order chi connectivity index (χ0) is 37.4. The summed E-state index contributed by atoms with van der Waals surface area (Å²) in [5, 5.41) is 6.91. The lowest BCUT2D eigenvalue weighted by Gasteiger charge is -2.28. The van der Waals surface area contributed by atoms with Gasteiger partial charge in [0.1, 0.15) is 11.2 Å². The molecule has 11 rings (SSSR count).